The highest BCUT2D eigenvalue weighted by Crippen LogP contribution is 2.37. The SMILES string of the molecule is CC1CN(c2cc(F)c(-c3cnc(N4CCN(C)CC4)nc3)cc2NC(=O)c2ccc(F)cc2C(F)(F)F)CC(C)N1C. The summed E-state index contributed by atoms with van der Waals surface area (Å²) in [6, 6.07) is 4.71. The molecule has 8 nitrogen and oxygen atoms in total. The summed E-state index contributed by atoms with van der Waals surface area (Å²) in [6.07, 6.45) is -1.98. The van der Waals surface area contributed by atoms with Crippen LogP contribution in [0.1, 0.15) is 29.8 Å². The highest BCUT2D eigenvalue weighted by atomic mass is 19.4. The van der Waals surface area contributed by atoms with Crippen LogP contribution in [0.2, 0.25) is 0 Å². The third-order valence-electron chi connectivity index (χ3n) is 8.30. The summed E-state index contributed by atoms with van der Waals surface area (Å²) >= 11 is 0. The predicted molar refractivity (Wildman–Crippen MR) is 155 cm³/mol. The molecule has 2 aliphatic heterocycles. The molecule has 0 radical (unpaired) electrons. The first-order valence-electron chi connectivity index (χ1n) is 14.1. The molecule has 1 amide bonds. The number of piperazine rings is 2. The smallest absolute Gasteiger partial charge is 0.367 e. The van der Waals surface area contributed by atoms with Gasteiger partial charge in [-0.3, -0.25) is 9.69 Å². The number of rotatable bonds is 5. The van der Waals surface area contributed by atoms with Crippen LogP contribution in [0.4, 0.5) is 39.3 Å². The second kappa shape index (κ2) is 12.0. The number of nitrogens with one attached hydrogen (secondary N) is 1. The molecule has 1 N–H and O–H groups in total. The Kier molecular flexibility index (Phi) is 8.57. The topological polar surface area (TPSA) is 67.8 Å². The zero-order chi connectivity index (χ0) is 31.1. The Labute approximate surface area is 247 Å². The lowest BCUT2D eigenvalue weighted by Crippen LogP contribution is -2.55. The first kappa shape index (κ1) is 30.6. The van der Waals surface area contributed by atoms with Gasteiger partial charge >= 0.3 is 6.18 Å². The highest BCUT2D eigenvalue weighted by Gasteiger charge is 2.36. The molecule has 2 aromatic carbocycles. The van der Waals surface area contributed by atoms with Gasteiger partial charge in [0, 0.05) is 74.9 Å². The third-order valence-corrected chi connectivity index (χ3v) is 8.30. The molecule has 0 saturated carbocycles. The Morgan fingerprint density at radius 1 is 0.907 bits per heavy atom. The first-order valence-corrected chi connectivity index (χ1v) is 14.1. The number of hydrogen-bond acceptors (Lipinski definition) is 7. The number of nitrogens with zero attached hydrogens (tertiary/aromatic N) is 6. The maximum atomic E-state index is 15.8. The van der Waals surface area contributed by atoms with E-state index in [4.69, 9.17) is 0 Å². The molecule has 2 saturated heterocycles. The Bertz CT molecular complexity index is 1460. The summed E-state index contributed by atoms with van der Waals surface area (Å²) in [5.74, 6) is -2.29. The van der Waals surface area contributed by atoms with Gasteiger partial charge in [-0.25, -0.2) is 18.7 Å². The number of carbonyl (C=O) groups is 1. The molecule has 2 fully saturated rings. The van der Waals surface area contributed by atoms with Crippen molar-refractivity contribution >= 4 is 23.2 Å². The lowest BCUT2D eigenvalue weighted by Gasteiger charge is -2.44. The van der Waals surface area contributed by atoms with Gasteiger partial charge in [-0.15, -0.1) is 0 Å². The number of benzene rings is 2. The second-order valence-electron chi connectivity index (χ2n) is 11.3. The average Bonchev–Trinajstić information content (AvgIpc) is 2.96. The molecule has 2 atom stereocenters. The number of alkyl halides is 3. The molecular formula is C30H34F5N7O. The Balaban J connectivity index is 1.53. The van der Waals surface area contributed by atoms with Gasteiger partial charge in [0.25, 0.3) is 5.91 Å². The van der Waals surface area contributed by atoms with Crippen LogP contribution < -0.4 is 15.1 Å². The minimum Gasteiger partial charge on any atom is -0.367 e. The van der Waals surface area contributed by atoms with E-state index in [-0.39, 0.29) is 29.4 Å². The van der Waals surface area contributed by atoms with Gasteiger partial charge < -0.3 is 20.0 Å². The zero-order valence-electron chi connectivity index (χ0n) is 24.4. The highest BCUT2D eigenvalue weighted by molar-refractivity contribution is 6.07. The molecule has 2 unspecified atom stereocenters. The van der Waals surface area contributed by atoms with Crippen molar-refractivity contribution in [1.29, 1.82) is 0 Å². The quantitative estimate of drug-likeness (QED) is 0.413. The van der Waals surface area contributed by atoms with Crippen molar-refractivity contribution in [2.45, 2.75) is 32.1 Å². The average molecular weight is 604 g/mol. The Morgan fingerprint density at radius 3 is 2.14 bits per heavy atom. The summed E-state index contributed by atoms with van der Waals surface area (Å²) in [6.45, 7) is 8.24. The summed E-state index contributed by atoms with van der Waals surface area (Å²) in [5, 5.41) is 2.56. The van der Waals surface area contributed by atoms with Gasteiger partial charge in [0.15, 0.2) is 0 Å². The van der Waals surface area contributed by atoms with Crippen molar-refractivity contribution in [3.8, 4) is 11.1 Å². The maximum absolute atomic E-state index is 15.8. The summed E-state index contributed by atoms with van der Waals surface area (Å²) in [7, 11) is 4.02. The van der Waals surface area contributed by atoms with Gasteiger partial charge in [-0.2, -0.15) is 13.2 Å². The van der Waals surface area contributed by atoms with E-state index in [1.807, 2.05) is 37.7 Å². The molecule has 0 bridgehead atoms. The van der Waals surface area contributed by atoms with Crippen LogP contribution in [0.15, 0.2) is 42.7 Å². The van der Waals surface area contributed by atoms with Crippen molar-refractivity contribution in [3.63, 3.8) is 0 Å². The number of amides is 1. The van der Waals surface area contributed by atoms with Crippen LogP contribution in [-0.2, 0) is 6.18 Å². The van der Waals surface area contributed by atoms with E-state index in [1.54, 1.807) is 0 Å². The Morgan fingerprint density at radius 2 is 1.53 bits per heavy atom. The predicted octanol–water partition coefficient (Wildman–Crippen LogP) is 4.97. The van der Waals surface area contributed by atoms with E-state index >= 15 is 4.39 Å². The van der Waals surface area contributed by atoms with Crippen LogP contribution >= 0.6 is 0 Å². The fourth-order valence-electron chi connectivity index (χ4n) is 5.52. The lowest BCUT2D eigenvalue weighted by atomic mass is 10.0. The van der Waals surface area contributed by atoms with Crippen LogP contribution in [0, 0.1) is 11.6 Å². The maximum Gasteiger partial charge on any atom is 0.417 e. The fraction of sp³-hybridized carbons (Fsp3) is 0.433. The van der Waals surface area contributed by atoms with Gasteiger partial charge in [0.05, 0.1) is 22.5 Å². The monoisotopic (exact) mass is 603 g/mol. The van der Waals surface area contributed by atoms with E-state index < -0.39 is 34.8 Å². The van der Waals surface area contributed by atoms with Crippen LogP contribution in [-0.4, -0.2) is 91.1 Å². The van der Waals surface area contributed by atoms with Crippen LogP contribution in [0.3, 0.4) is 0 Å². The molecule has 43 heavy (non-hydrogen) atoms. The van der Waals surface area contributed by atoms with Crippen molar-refractivity contribution in [2.75, 3.05) is 68.5 Å². The lowest BCUT2D eigenvalue weighted by molar-refractivity contribution is -0.138. The standard InChI is InChI=1S/C30H34F5N7O/c1-18-16-42(17-19(2)40(18)4)27-13-25(32)23(20-14-36-29(37-15-20)41-9-7-39(3)8-10-41)12-26(27)38-28(43)22-6-5-21(31)11-24(22)30(33,34)35/h5-6,11-15,18-19H,7-10,16-17H2,1-4H3,(H,38,43). The first-order chi connectivity index (χ1) is 20.3. The molecule has 3 aromatic rings. The molecule has 230 valence electrons. The van der Waals surface area contributed by atoms with E-state index in [0.29, 0.717) is 30.3 Å². The number of aromatic nitrogens is 2. The molecule has 13 heteroatoms. The van der Waals surface area contributed by atoms with Crippen molar-refractivity contribution in [2.24, 2.45) is 0 Å². The molecule has 0 spiro atoms. The van der Waals surface area contributed by atoms with Crippen molar-refractivity contribution < 1.29 is 26.7 Å². The fourth-order valence-corrected chi connectivity index (χ4v) is 5.52. The number of hydrogen-bond donors (Lipinski definition) is 1. The largest absolute Gasteiger partial charge is 0.417 e. The van der Waals surface area contributed by atoms with E-state index in [0.717, 1.165) is 38.3 Å². The second-order valence-corrected chi connectivity index (χ2v) is 11.3. The Hall–Kier alpha value is -3.84. The molecule has 3 heterocycles. The van der Waals surface area contributed by atoms with Gasteiger partial charge in [-0.05, 0) is 58.3 Å². The summed E-state index contributed by atoms with van der Waals surface area (Å²) in [4.78, 5) is 30.5. The third kappa shape index (κ3) is 6.57. The van der Waals surface area contributed by atoms with Crippen molar-refractivity contribution in [3.05, 3.63) is 65.5 Å². The van der Waals surface area contributed by atoms with Gasteiger partial charge in [-0.1, -0.05) is 0 Å². The number of anilines is 3. The van der Waals surface area contributed by atoms with Crippen molar-refractivity contribution in [1.82, 2.24) is 19.8 Å². The molecule has 5 rings (SSSR count). The minimum atomic E-state index is -4.96. The van der Waals surface area contributed by atoms with Gasteiger partial charge in [0.1, 0.15) is 11.6 Å². The molecule has 1 aromatic heterocycles. The summed E-state index contributed by atoms with van der Waals surface area (Å²) in [5.41, 5.74) is -1.28. The normalized spacial score (nSPS) is 20.4. The number of likely N-dealkylation sites (N-methyl/N-ethyl adjacent to an activating group) is 2. The molecular weight excluding hydrogens is 569 g/mol. The van der Waals surface area contributed by atoms with E-state index in [1.165, 1.54) is 24.5 Å². The zero-order valence-corrected chi connectivity index (χ0v) is 24.4. The minimum absolute atomic E-state index is 0.0781. The number of carbonyl (C=O) groups excluding carboxylic acids is 1. The van der Waals surface area contributed by atoms with Gasteiger partial charge in [0.2, 0.25) is 5.95 Å². The van der Waals surface area contributed by atoms with Crippen LogP contribution in [0.25, 0.3) is 11.1 Å². The summed E-state index contributed by atoms with van der Waals surface area (Å²) < 4.78 is 70.6. The molecule has 0 aliphatic carbocycles. The molecule has 2 aliphatic rings. The van der Waals surface area contributed by atoms with E-state index in [9.17, 15) is 22.4 Å². The van der Waals surface area contributed by atoms with Crippen LogP contribution in [0.5, 0.6) is 0 Å². The van der Waals surface area contributed by atoms with E-state index in [2.05, 4.69) is 25.1 Å². The number of halogens is 5.